The molecule has 0 saturated heterocycles. The van der Waals surface area contributed by atoms with Crippen LogP contribution in [0.5, 0.6) is 0 Å². The van der Waals surface area contributed by atoms with Crippen molar-refractivity contribution in [2.75, 3.05) is 6.61 Å². The van der Waals surface area contributed by atoms with Gasteiger partial charge in [0.25, 0.3) is 0 Å². The summed E-state index contributed by atoms with van der Waals surface area (Å²) in [6, 6.07) is 8.90. The van der Waals surface area contributed by atoms with Gasteiger partial charge in [0.2, 0.25) is 0 Å². The fourth-order valence-electron chi connectivity index (χ4n) is 1.90. The minimum absolute atomic E-state index is 0.190. The molecule has 0 bridgehead atoms. The van der Waals surface area contributed by atoms with E-state index in [0.29, 0.717) is 6.42 Å². The average Bonchev–Trinajstić information content (AvgIpc) is 3.14. The SMILES string of the molecule is O=C(N[C@H](CO)CC1(O)CC1)OCc1ccccc1. The molecule has 2 rings (SSSR count). The molecule has 1 aliphatic carbocycles. The van der Waals surface area contributed by atoms with E-state index >= 15 is 0 Å². The van der Waals surface area contributed by atoms with Crippen LogP contribution in [0.15, 0.2) is 30.3 Å². The summed E-state index contributed by atoms with van der Waals surface area (Å²) >= 11 is 0. The molecule has 104 valence electrons. The molecule has 1 fully saturated rings. The van der Waals surface area contributed by atoms with Crippen molar-refractivity contribution < 1.29 is 19.7 Å². The van der Waals surface area contributed by atoms with Crippen molar-refractivity contribution >= 4 is 6.09 Å². The molecular weight excluding hydrogens is 246 g/mol. The fraction of sp³-hybridized carbons (Fsp3) is 0.500. The van der Waals surface area contributed by atoms with Crippen LogP contribution >= 0.6 is 0 Å². The van der Waals surface area contributed by atoms with Gasteiger partial charge in [-0.15, -0.1) is 0 Å². The highest BCUT2D eigenvalue weighted by molar-refractivity contribution is 5.67. The second-order valence-electron chi connectivity index (χ2n) is 5.01. The second-order valence-corrected chi connectivity index (χ2v) is 5.01. The lowest BCUT2D eigenvalue weighted by Crippen LogP contribution is -2.40. The highest BCUT2D eigenvalue weighted by Gasteiger charge is 2.42. The maximum Gasteiger partial charge on any atom is 0.407 e. The highest BCUT2D eigenvalue weighted by Crippen LogP contribution is 2.39. The molecule has 0 radical (unpaired) electrons. The Morgan fingerprint density at radius 1 is 1.37 bits per heavy atom. The minimum atomic E-state index is -0.708. The fourth-order valence-corrected chi connectivity index (χ4v) is 1.90. The number of amides is 1. The number of aliphatic hydroxyl groups is 2. The predicted molar refractivity (Wildman–Crippen MR) is 69.4 cm³/mol. The van der Waals surface area contributed by atoms with Gasteiger partial charge in [-0.1, -0.05) is 30.3 Å². The Kier molecular flexibility index (Phi) is 4.39. The Balaban J connectivity index is 1.73. The number of hydrogen-bond donors (Lipinski definition) is 3. The van der Waals surface area contributed by atoms with Gasteiger partial charge in [0.15, 0.2) is 0 Å². The highest BCUT2D eigenvalue weighted by atomic mass is 16.5. The maximum absolute atomic E-state index is 11.6. The molecule has 3 N–H and O–H groups in total. The van der Waals surface area contributed by atoms with E-state index < -0.39 is 17.7 Å². The molecule has 0 unspecified atom stereocenters. The number of rotatable bonds is 6. The number of aliphatic hydroxyl groups excluding tert-OH is 1. The van der Waals surface area contributed by atoms with Crippen LogP contribution < -0.4 is 5.32 Å². The Labute approximate surface area is 112 Å². The number of alkyl carbamates (subject to hydrolysis) is 1. The molecule has 0 aliphatic heterocycles. The predicted octanol–water partition coefficient (Wildman–Crippen LogP) is 1.19. The number of benzene rings is 1. The number of nitrogens with one attached hydrogen (secondary N) is 1. The molecule has 5 nitrogen and oxygen atoms in total. The van der Waals surface area contributed by atoms with Crippen LogP contribution in [0.2, 0.25) is 0 Å². The van der Waals surface area contributed by atoms with E-state index in [4.69, 9.17) is 9.84 Å². The van der Waals surface area contributed by atoms with E-state index in [1.165, 1.54) is 0 Å². The monoisotopic (exact) mass is 265 g/mol. The third-order valence-corrected chi connectivity index (χ3v) is 3.21. The molecule has 0 spiro atoms. The van der Waals surface area contributed by atoms with Crippen LogP contribution in [0, 0.1) is 0 Å². The molecule has 1 saturated carbocycles. The molecular formula is C14H19NO4. The molecule has 5 heteroatoms. The van der Waals surface area contributed by atoms with Crippen molar-refractivity contribution in [3.05, 3.63) is 35.9 Å². The van der Waals surface area contributed by atoms with Crippen molar-refractivity contribution in [3.8, 4) is 0 Å². The maximum atomic E-state index is 11.6. The van der Waals surface area contributed by atoms with Gasteiger partial charge >= 0.3 is 6.09 Å². The molecule has 0 heterocycles. The molecule has 1 aliphatic rings. The lowest BCUT2D eigenvalue weighted by atomic mass is 10.1. The van der Waals surface area contributed by atoms with Crippen molar-refractivity contribution in [1.82, 2.24) is 5.32 Å². The van der Waals surface area contributed by atoms with Crippen LogP contribution in [0.4, 0.5) is 4.79 Å². The Hall–Kier alpha value is -1.59. The second kappa shape index (κ2) is 6.04. The molecule has 19 heavy (non-hydrogen) atoms. The van der Waals surface area contributed by atoms with Crippen LogP contribution in [0.25, 0.3) is 0 Å². The topological polar surface area (TPSA) is 78.8 Å². The van der Waals surface area contributed by atoms with E-state index in [1.54, 1.807) is 0 Å². The van der Waals surface area contributed by atoms with Crippen molar-refractivity contribution in [2.24, 2.45) is 0 Å². The Bertz CT molecular complexity index is 417. The van der Waals surface area contributed by atoms with Gasteiger partial charge in [-0.3, -0.25) is 0 Å². The quantitative estimate of drug-likeness (QED) is 0.722. The zero-order valence-corrected chi connectivity index (χ0v) is 10.7. The standard InChI is InChI=1S/C14H19NO4/c16-9-12(8-14(18)6-7-14)15-13(17)19-10-11-4-2-1-3-5-11/h1-5,12,16,18H,6-10H2,(H,15,17)/t12-/m0/s1. The number of ether oxygens (including phenoxy) is 1. The summed E-state index contributed by atoms with van der Waals surface area (Å²) in [6.45, 7) is -0.0160. The normalized spacial score (nSPS) is 17.6. The smallest absolute Gasteiger partial charge is 0.407 e. The van der Waals surface area contributed by atoms with E-state index in [0.717, 1.165) is 18.4 Å². The Morgan fingerprint density at radius 3 is 2.63 bits per heavy atom. The summed E-state index contributed by atoms with van der Waals surface area (Å²) in [7, 11) is 0. The summed E-state index contributed by atoms with van der Waals surface area (Å²) in [5.74, 6) is 0. The molecule has 1 aromatic carbocycles. The zero-order valence-electron chi connectivity index (χ0n) is 10.7. The largest absolute Gasteiger partial charge is 0.445 e. The average molecular weight is 265 g/mol. The lowest BCUT2D eigenvalue weighted by Gasteiger charge is -2.19. The van der Waals surface area contributed by atoms with Gasteiger partial charge in [0.05, 0.1) is 18.2 Å². The molecule has 1 amide bonds. The third-order valence-electron chi connectivity index (χ3n) is 3.21. The first-order valence-corrected chi connectivity index (χ1v) is 6.42. The first kappa shape index (κ1) is 13.8. The van der Waals surface area contributed by atoms with Crippen LogP contribution in [0.3, 0.4) is 0 Å². The van der Waals surface area contributed by atoms with E-state index in [2.05, 4.69) is 5.32 Å². The van der Waals surface area contributed by atoms with Crippen molar-refractivity contribution in [1.29, 1.82) is 0 Å². The van der Waals surface area contributed by atoms with Gasteiger partial charge in [0, 0.05) is 0 Å². The summed E-state index contributed by atoms with van der Waals surface area (Å²) in [5.41, 5.74) is 0.194. The first-order valence-electron chi connectivity index (χ1n) is 6.42. The van der Waals surface area contributed by atoms with Crippen LogP contribution in [-0.4, -0.2) is 34.6 Å². The van der Waals surface area contributed by atoms with Crippen molar-refractivity contribution in [2.45, 2.75) is 37.5 Å². The summed E-state index contributed by atoms with van der Waals surface area (Å²) in [5, 5.41) is 21.5. The summed E-state index contributed by atoms with van der Waals surface area (Å²) in [6.07, 6.45) is 1.24. The first-order chi connectivity index (χ1) is 9.11. The minimum Gasteiger partial charge on any atom is -0.445 e. The Morgan fingerprint density at radius 2 is 2.05 bits per heavy atom. The van der Waals surface area contributed by atoms with Crippen molar-refractivity contribution in [3.63, 3.8) is 0 Å². The molecule has 1 atom stereocenters. The number of carbonyl (C=O) groups excluding carboxylic acids is 1. The van der Waals surface area contributed by atoms with Gasteiger partial charge in [-0.05, 0) is 24.8 Å². The number of carbonyl (C=O) groups is 1. The molecule has 0 aromatic heterocycles. The molecule has 1 aromatic rings. The lowest BCUT2D eigenvalue weighted by molar-refractivity contribution is 0.0959. The van der Waals surface area contributed by atoms with Gasteiger partial charge in [-0.25, -0.2) is 4.79 Å². The number of hydrogen-bond acceptors (Lipinski definition) is 4. The third kappa shape index (κ3) is 4.54. The van der Waals surface area contributed by atoms with Crippen LogP contribution in [0.1, 0.15) is 24.8 Å². The van der Waals surface area contributed by atoms with E-state index in [9.17, 15) is 9.90 Å². The van der Waals surface area contributed by atoms with Gasteiger partial charge < -0.3 is 20.3 Å². The van der Waals surface area contributed by atoms with Gasteiger partial charge in [0.1, 0.15) is 6.61 Å². The summed E-state index contributed by atoms with van der Waals surface area (Å²) < 4.78 is 5.05. The summed E-state index contributed by atoms with van der Waals surface area (Å²) in [4.78, 5) is 11.6. The zero-order chi connectivity index (χ0) is 13.7. The van der Waals surface area contributed by atoms with Gasteiger partial charge in [-0.2, -0.15) is 0 Å². The van der Waals surface area contributed by atoms with E-state index in [1.807, 2.05) is 30.3 Å². The van der Waals surface area contributed by atoms with Crippen LogP contribution in [-0.2, 0) is 11.3 Å². The van der Waals surface area contributed by atoms with E-state index in [-0.39, 0.29) is 13.2 Å².